The van der Waals surface area contributed by atoms with Crippen LogP contribution < -0.4 is 5.56 Å². The van der Waals surface area contributed by atoms with Crippen LogP contribution in [0.1, 0.15) is 11.4 Å². The largest absolute Gasteiger partial charge is 0.278 e. The number of nitrogens with zero attached hydrogens (tertiary/aromatic N) is 3. The fourth-order valence-electron chi connectivity index (χ4n) is 3.34. The second-order valence-corrected chi connectivity index (χ2v) is 7.09. The highest BCUT2D eigenvalue weighted by Crippen LogP contribution is 2.21. The van der Waals surface area contributed by atoms with Crippen molar-refractivity contribution in [3.8, 4) is 5.69 Å². The highest BCUT2D eigenvalue weighted by atomic mass is 35.5. The van der Waals surface area contributed by atoms with Gasteiger partial charge in [0, 0.05) is 10.4 Å². The zero-order chi connectivity index (χ0) is 19.8. The number of nitrogens with one attached hydrogen (secondary N) is 1. The van der Waals surface area contributed by atoms with Crippen molar-refractivity contribution in [1.29, 1.82) is 0 Å². The van der Waals surface area contributed by atoms with Crippen LogP contribution in [0.4, 0.5) is 0 Å². The van der Waals surface area contributed by atoms with E-state index < -0.39 is 0 Å². The Labute approximate surface area is 170 Å². The highest BCUT2D eigenvalue weighted by Gasteiger charge is 2.12. The average Bonchev–Trinajstić information content (AvgIpc) is 3.21. The molecule has 3 aromatic carbocycles. The van der Waals surface area contributed by atoms with Crippen LogP contribution in [-0.4, -0.2) is 19.7 Å². The van der Waals surface area contributed by atoms with Crippen LogP contribution in [0.2, 0.25) is 5.02 Å². The summed E-state index contributed by atoms with van der Waals surface area (Å²) in [5.74, 6) is 0.538. The normalized spacial score (nSPS) is 11.6. The third kappa shape index (κ3) is 3.22. The first kappa shape index (κ1) is 17.4. The molecule has 0 atom stereocenters. The maximum atomic E-state index is 13.4. The molecule has 0 fully saturated rings. The SMILES string of the molecule is O=c1c2cc(Cl)ccc2nc(/C=C/c2ccccc2)n1-c1ccc2[nH]ncc2c1. The number of benzene rings is 3. The summed E-state index contributed by atoms with van der Waals surface area (Å²) in [5, 5.41) is 8.88. The topological polar surface area (TPSA) is 63.6 Å². The molecular weight excluding hydrogens is 384 g/mol. The van der Waals surface area contributed by atoms with Crippen molar-refractivity contribution >= 4 is 45.6 Å². The third-order valence-corrected chi connectivity index (χ3v) is 5.00. The van der Waals surface area contributed by atoms with Gasteiger partial charge in [0.05, 0.1) is 28.3 Å². The Balaban J connectivity index is 1.77. The van der Waals surface area contributed by atoms with E-state index in [4.69, 9.17) is 16.6 Å². The fourth-order valence-corrected chi connectivity index (χ4v) is 3.51. The third-order valence-electron chi connectivity index (χ3n) is 4.76. The monoisotopic (exact) mass is 398 g/mol. The van der Waals surface area contributed by atoms with E-state index in [1.54, 1.807) is 29.0 Å². The van der Waals surface area contributed by atoms with Gasteiger partial charge in [0.1, 0.15) is 5.82 Å². The van der Waals surface area contributed by atoms with E-state index in [1.165, 1.54) is 0 Å². The molecule has 0 aliphatic heterocycles. The molecule has 0 radical (unpaired) electrons. The summed E-state index contributed by atoms with van der Waals surface area (Å²) >= 11 is 6.13. The minimum absolute atomic E-state index is 0.173. The average molecular weight is 399 g/mol. The van der Waals surface area contributed by atoms with E-state index in [1.807, 2.05) is 60.7 Å². The summed E-state index contributed by atoms with van der Waals surface area (Å²) in [7, 11) is 0. The molecule has 0 unspecified atom stereocenters. The first-order valence-electron chi connectivity index (χ1n) is 9.08. The molecule has 140 valence electrons. The van der Waals surface area contributed by atoms with E-state index in [9.17, 15) is 4.79 Å². The van der Waals surface area contributed by atoms with Crippen LogP contribution in [0.25, 0.3) is 39.6 Å². The first-order valence-corrected chi connectivity index (χ1v) is 9.46. The van der Waals surface area contributed by atoms with Gasteiger partial charge in [-0.05, 0) is 48.0 Å². The molecule has 0 amide bonds. The van der Waals surface area contributed by atoms with Crippen LogP contribution in [0.15, 0.2) is 77.7 Å². The molecule has 5 nitrogen and oxygen atoms in total. The maximum absolute atomic E-state index is 13.4. The first-order chi connectivity index (χ1) is 14.2. The van der Waals surface area contributed by atoms with Crippen LogP contribution in [0.5, 0.6) is 0 Å². The van der Waals surface area contributed by atoms with Crippen molar-refractivity contribution in [3.63, 3.8) is 0 Å². The predicted octanol–water partition coefficient (Wildman–Crippen LogP) is 5.09. The lowest BCUT2D eigenvalue weighted by molar-refractivity contribution is 0.946. The fraction of sp³-hybridized carbons (Fsp3) is 0. The zero-order valence-corrected chi connectivity index (χ0v) is 16.0. The number of fused-ring (bicyclic) bond motifs is 2. The molecule has 5 aromatic rings. The molecule has 6 heteroatoms. The molecule has 0 aliphatic rings. The van der Waals surface area contributed by atoms with E-state index in [2.05, 4.69) is 10.2 Å². The Morgan fingerprint density at radius 2 is 1.83 bits per heavy atom. The van der Waals surface area contributed by atoms with Crippen molar-refractivity contribution in [3.05, 3.63) is 99.7 Å². The van der Waals surface area contributed by atoms with Gasteiger partial charge in [-0.1, -0.05) is 48.0 Å². The lowest BCUT2D eigenvalue weighted by Crippen LogP contribution is -2.22. The van der Waals surface area contributed by atoms with Crippen molar-refractivity contribution in [2.24, 2.45) is 0 Å². The minimum Gasteiger partial charge on any atom is -0.278 e. The Kier molecular flexibility index (Phi) is 4.22. The number of hydrogen-bond donors (Lipinski definition) is 1. The van der Waals surface area contributed by atoms with E-state index in [-0.39, 0.29) is 5.56 Å². The summed E-state index contributed by atoms with van der Waals surface area (Å²) in [4.78, 5) is 18.1. The zero-order valence-electron chi connectivity index (χ0n) is 15.2. The molecule has 0 bridgehead atoms. The molecule has 0 aliphatic carbocycles. The number of H-pyrrole nitrogens is 1. The van der Waals surface area contributed by atoms with Gasteiger partial charge in [-0.25, -0.2) is 4.98 Å². The second-order valence-electron chi connectivity index (χ2n) is 6.66. The molecule has 0 saturated carbocycles. The van der Waals surface area contributed by atoms with Gasteiger partial charge in [0.2, 0.25) is 0 Å². The minimum atomic E-state index is -0.173. The van der Waals surface area contributed by atoms with E-state index >= 15 is 0 Å². The van der Waals surface area contributed by atoms with Crippen molar-refractivity contribution in [1.82, 2.24) is 19.7 Å². The number of aromatic amines is 1. The number of hydrogen-bond acceptors (Lipinski definition) is 3. The second kappa shape index (κ2) is 7.04. The Bertz CT molecular complexity index is 1430. The van der Waals surface area contributed by atoms with Gasteiger partial charge < -0.3 is 0 Å². The molecule has 0 saturated heterocycles. The molecule has 2 heterocycles. The van der Waals surface area contributed by atoms with Gasteiger partial charge >= 0.3 is 0 Å². The van der Waals surface area contributed by atoms with Crippen molar-refractivity contribution in [2.45, 2.75) is 0 Å². The molecule has 2 aromatic heterocycles. The molecule has 1 N–H and O–H groups in total. The Hall–Kier alpha value is -3.70. The van der Waals surface area contributed by atoms with Gasteiger partial charge in [-0.2, -0.15) is 5.10 Å². The Morgan fingerprint density at radius 1 is 0.966 bits per heavy atom. The summed E-state index contributed by atoms with van der Waals surface area (Å²) < 4.78 is 1.60. The van der Waals surface area contributed by atoms with Crippen LogP contribution in [0.3, 0.4) is 0 Å². The van der Waals surface area contributed by atoms with Crippen molar-refractivity contribution in [2.75, 3.05) is 0 Å². The van der Waals surface area contributed by atoms with Crippen LogP contribution >= 0.6 is 11.6 Å². The van der Waals surface area contributed by atoms with Gasteiger partial charge in [-0.3, -0.25) is 14.5 Å². The van der Waals surface area contributed by atoms with Gasteiger partial charge in [0.15, 0.2) is 0 Å². The van der Waals surface area contributed by atoms with E-state index in [0.29, 0.717) is 27.4 Å². The number of halogens is 1. The van der Waals surface area contributed by atoms with Gasteiger partial charge in [-0.15, -0.1) is 0 Å². The molecular formula is C23H15ClN4O. The van der Waals surface area contributed by atoms with Crippen molar-refractivity contribution < 1.29 is 0 Å². The number of aromatic nitrogens is 4. The molecule has 29 heavy (non-hydrogen) atoms. The number of rotatable bonds is 3. The smallest absolute Gasteiger partial charge is 0.266 e. The van der Waals surface area contributed by atoms with Crippen LogP contribution in [0, 0.1) is 0 Å². The quantitative estimate of drug-likeness (QED) is 0.460. The predicted molar refractivity (Wildman–Crippen MR) is 117 cm³/mol. The van der Waals surface area contributed by atoms with Crippen LogP contribution in [-0.2, 0) is 0 Å². The molecule has 0 spiro atoms. The highest BCUT2D eigenvalue weighted by molar-refractivity contribution is 6.31. The summed E-state index contributed by atoms with van der Waals surface area (Å²) in [6, 6.07) is 20.7. The summed E-state index contributed by atoms with van der Waals surface area (Å²) in [6.45, 7) is 0. The van der Waals surface area contributed by atoms with E-state index in [0.717, 1.165) is 16.5 Å². The van der Waals surface area contributed by atoms with Gasteiger partial charge in [0.25, 0.3) is 5.56 Å². The standard InChI is InChI=1S/C23H15ClN4O/c24-17-7-9-21-19(13-17)23(29)28(18-8-10-20-16(12-18)14-25-27-20)22(26-21)11-6-15-4-2-1-3-5-15/h1-14H,(H,25,27)/b11-6+. The Morgan fingerprint density at radius 3 is 2.69 bits per heavy atom. The lowest BCUT2D eigenvalue weighted by atomic mass is 10.2. The summed E-state index contributed by atoms with van der Waals surface area (Å²) in [6.07, 6.45) is 5.52. The lowest BCUT2D eigenvalue weighted by Gasteiger charge is -2.12. The summed E-state index contributed by atoms with van der Waals surface area (Å²) in [5.41, 5.74) is 3.07. The molecule has 5 rings (SSSR count). The maximum Gasteiger partial charge on any atom is 0.266 e.